The van der Waals surface area contributed by atoms with Crippen molar-refractivity contribution in [3.05, 3.63) is 46.2 Å². The van der Waals surface area contributed by atoms with E-state index in [1.807, 2.05) is 17.7 Å². The minimum Gasteiger partial charge on any atom is -0.335 e. The van der Waals surface area contributed by atoms with E-state index in [1.54, 1.807) is 19.1 Å². The summed E-state index contributed by atoms with van der Waals surface area (Å²) in [6.07, 6.45) is 1.90. The Morgan fingerprint density at radius 3 is 2.60 bits per heavy atom. The van der Waals surface area contributed by atoms with E-state index in [4.69, 9.17) is 12.2 Å². The van der Waals surface area contributed by atoms with E-state index in [2.05, 4.69) is 4.98 Å². The van der Waals surface area contributed by atoms with Crippen molar-refractivity contribution in [3.63, 3.8) is 0 Å². The van der Waals surface area contributed by atoms with Gasteiger partial charge in [0, 0.05) is 17.6 Å². The molecule has 1 heterocycles. The molecule has 4 heteroatoms. The van der Waals surface area contributed by atoms with Crippen molar-refractivity contribution in [2.24, 2.45) is 0 Å². The lowest BCUT2D eigenvalue weighted by molar-refractivity contribution is 0.618. The molecular weight excluding hydrogens is 211 g/mol. The van der Waals surface area contributed by atoms with E-state index in [0.29, 0.717) is 10.3 Å². The second kappa shape index (κ2) is 3.62. The van der Waals surface area contributed by atoms with Gasteiger partial charge in [-0.25, -0.2) is 4.39 Å². The van der Waals surface area contributed by atoms with E-state index < -0.39 is 0 Å². The maximum Gasteiger partial charge on any atom is 0.181 e. The van der Waals surface area contributed by atoms with Gasteiger partial charge in [-0.15, -0.1) is 0 Å². The van der Waals surface area contributed by atoms with Crippen molar-refractivity contribution >= 4 is 12.2 Å². The van der Waals surface area contributed by atoms with Gasteiger partial charge in [-0.2, -0.15) is 0 Å². The number of H-pyrrole nitrogens is 1. The molecule has 0 atom stereocenters. The highest BCUT2D eigenvalue weighted by atomic mass is 32.1. The molecule has 0 saturated heterocycles. The Hall–Kier alpha value is -1.42. The molecule has 2 aromatic rings. The summed E-state index contributed by atoms with van der Waals surface area (Å²) < 4.78 is 15.5. The van der Waals surface area contributed by atoms with Gasteiger partial charge in [0.25, 0.3) is 0 Å². The van der Waals surface area contributed by atoms with Crippen molar-refractivity contribution in [1.29, 1.82) is 0 Å². The fourth-order valence-electron chi connectivity index (χ4n) is 1.48. The fourth-order valence-corrected chi connectivity index (χ4v) is 1.80. The average Bonchev–Trinajstić information content (AvgIpc) is 2.50. The summed E-state index contributed by atoms with van der Waals surface area (Å²) in [6, 6.07) is 4.94. The molecule has 1 aromatic heterocycles. The number of rotatable bonds is 1. The van der Waals surface area contributed by atoms with Gasteiger partial charge >= 0.3 is 0 Å². The lowest BCUT2D eigenvalue weighted by atomic mass is 10.2. The third kappa shape index (κ3) is 1.85. The molecule has 0 bridgehead atoms. The summed E-state index contributed by atoms with van der Waals surface area (Å²) in [7, 11) is 0. The maximum atomic E-state index is 13.1. The van der Waals surface area contributed by atoms with Gasteiger partial charge in [0.15, 0.2) is 4.77 Å². The van der Waals surface area contributed by atoms with Crippen LogP contribution in [-0.4, -0.2) is 9.55 Å². The summed E-state index contributed by atoms with van der Waals surface area (Å²) in [6.45, 7) is 3.67. The Kier molecular flexibility index (Phi) is 2.44. The Bertz CT molecular complexity index is 554. The zero-order chi connectivity index (χ0) is 11.0. The van der Waals surface area contributed by atoms with E-state index >= 15 is 0 Å². The number of nitrogens with zero attached hydrogens (tertiary/aromatic N) is 1. The Balaban J connectivity index is 2.59. The zero-order valence-electron chi connectivity index (χ0n) is 8.54. The van der Waals surface area contributed by atoms with Crippen LogP contribution in [0.4, 0.5) is 4.39 Å². The second-order valence-corrected chi connectivity index (χ2v) is 3.93. The van der Waals surface area contributed by atoms with Crippen molar-refractivity contribution in [3.8, 4) is 5.69 Å². The van der Waals surface area contributed by atoms with Gasteiger partial charge in [0.05, 0.1) is 0 Å². The Labute approximate surface area is 92.4 Å². The predicted octanol–water partition coefficient (Wildman–Crippen LogP) is 3.29. The smallest absolute Gasteiger partial charge is 0.181 e. The van der Waals surface area contributed by atoms with E-state index in [9.17, 15) is 4.39 Å². The molecule has 2 nitrogen and oxygen atoms in total. The molecule has 0 fully saturated rings. The number of aryl methyl sites for hydroxylation is 2. The van der Waals surface area contributed by atoms with Crippen molar-refractivity contribution in [2.45, 2.75) is 13.8 Å². The van der Waals surface area contributed by atoms with Gasteiger partial charge in [-0.05, 0) is 49.8 Å². The Morgan fingerprint density at radius 2 is 2.07 bits per heavy atom. The lowest BCUT2D eigenvalue weighted by Gasteiger charge is -2.03. The van der Waals surface area contributed by atoms with E-state index in [1.165, 1.54) is 6.07 Å². The predicted molar refractivity (Wildman–Crippen MR) is 60.4 cm³/mol. The zero-order valence-corrected chi connectivity index (χ0v) is 9.36. The van der Waals surface area contributed by atoms with Crippen LogP contribution in [0.15, 0.2) is 24.4 Å². The Morgan fingerprint density at radius 1 is 1.33 bits per heavy atom. The summed E-state index contributed by atoms with van der Waals surface area (Å²) in [5, 5.41) is 0. The van der Waals surface area contributed by atoms with E-state index in [-0.39, 0.29) is 5.82 Å². The largest absolute Gasteiger partial charge is 0.335 e. The topological polar surface area (TPSA) is 20.7 Å². The van der Waals surface area contributed by atoms with Gasteiger partial charge in [0.2, 0.25) is 0 Å². The fraction of sp³-hybridized carbons (Fsp3) is 0.182. The first-order valence-corrected chi connectivity index (χ1v) is 5.03. The molecule has 0 aliphatic carbocycles. The maximum absolute atomic E-state index is 13.1. The first kappa shape index (κ1) is 10.1. The molecule has 0 unspecified atom stereocenters. The van der Waals surface area contributed by atoms with Crippen LogP contribution < -0.4 is 0 Å². The molecule has 0 aliphatic heterocycles. The SMILES string of the molecule is Cc1cn(-c2ccc(F)c(C)c2)c(=S)[nH]1. The van der Waals surface area contributed by atoms with Gasteiger partial charge < -0.3 is 4.98 Å². The molecule has 0 radical (unpaired) electrons. The van der Waals surface area contributed by atoms with Crippen LogP contribution in [-0.2, 0) is 0 Å². The highest BCUT2D eigenvalue weighted by Crippen LogP contribution is 2.14. The standard InChI is InChI=1S/C11H11FN2S/c1-7-5-9(3-4-10(7)12)14-6-8(2)13-11(14)15/h3-6H,1-2H3,(H,13,15). The molecule has 78 valence electrons. The first-order chi connectivity index (χ1) is 7.08. The highest BCUT2D eigenvalue weighted by molar-refractivity contribution is 7.71. The normalized spacial score (nSPS) is 10.6. The first-order valence-electron chi connectivity index (χ1n) is 4.63. The summed E-state index contributed by atoms with van der Waals surface area (Å²) in [5.41, 5.74) is 2.48. The number of aromatic nitrogens is 2. The van der Waals surface area contributed by atoms with Crippen molar-refractivity contribution in [1.82, 2.24) is 9.55 Å². The van der Waals surface area contributed by atoms with Gasteiger partial charge in [0.1, 0.15) is 5.82 Å². The number of imidazole rings is 1. The van der Waals surface area contributed by atoms with Crippen LogP contribution in [0.5, 0.6) is 0 Å². The second-order valence-electron chi connectivity index (χ2n) is 3.55. The number of aromatic amines is 1. The third-order valence-electron chi connectivity index (χ3n) is 2.27. The minimum atomic E-state index is -0.197. The molecular formula is C11H11FN2S. The van der Waals surface area contributed by atoms with Crippen LogP contribution in [0.3, 0.4) is 0 Å². The molecule has 1 N–H and O–H groups in total. The minimum absolute atomic E-state index is 0.197. The number of benzene rings is 1. The summed E-state index contributed by atoms with van der Waals surface area (Å²) in [4.78, 5) is 3.02. The van der Waals surface area contributed by atoms with Crippen LogP contribution in [0, 0.1) is 24.4 Å². The van der Waals surface area contributed by atoms with Gasteiger partial charge in [-0.1, -0.05) is 0 Å². The quantitative estimate of drug-likeness (QED) is 0.734. The molecule has 1 aromatic carbocycles. The van der Waals surface area contributed by atoms with Crippen LogP contribution in [0.25, 0.3) is 5.69 Å². The number of halogens is 1. The van der Waals surface area contributed by atoms with Gasteiger partial charge in [-0.3, -0.25) is 4.57 Å². The van der Waals surface area contributed by atoms with E-state index in [0.717, 1.165) is 11.4 Å². The van der Waals surface area contributed by atoms with Crippen LogP contribution >= 0.6 is 12.2 Å². The molecule has 15 heavy (non-hydrogen) atoms. The van der Waals surface area contributed by atoms with Crippen LogP contribution in [0.1, 0.15) is 11.3 Å². The lowest BCUT2D eigenvalue weighted by Crippen LogP contribution is -1.94. The third-order valence-corrected chi connectivity index (χ3v) is 2.56. The molecule has 2 rings (SSSR count). The van der Waals surface area contributed by atoms with Crippen molar-refractivity contribution < 1.29 is 4.39 Å². The van der Waals surface area contributed by atoms with Crippen molar-refractivity contribution in [2.75, 3.05) is 0 Å². The highest BCUT2D eigenvalue weighted by Gasteiger charge is 2.02. The monoisotopic (exact) mass is 222 g/mol. The average molecular weight is 222 g/mol. The molecule has 0 spiro atoms. The number of hydrogen-bond acceptors (Lipinski definition) is 1. The van der Waals surface area contributed by atoms with Crippen LogP contribution in [0.2, 0.25) is 0 Å². The summed E-state index contributed by atoms with van der Waals surface area (Å²) >= 11 is 5.14. The molecule has 0 saturated carbocycles. The number of hydrogen-bond donors (Lipinski definition) is 1. The molecule has 0 amide bonds. The summed E-state index contributed by atoms with van der Waals surface area (Å²) in [5.74, 6) is -0.197. The number of nitrogens with one attached hydrogen (secondary N) is 1. The molecule has 0 aliphatic rings.